The molecule has 0 aromatic rings. The SMILES string of the molecule is O=S(=O)(O)O.OB(O)O.[AlH3].[MgH2]. The lowest BCUT2D eigenvalue weighted by Crippen LogP contribution is -2.07. The lowest BCUT2D eigenvalue weighted by atomic mass is 10.3. The Morgan fingerprint density at radius 1 is 1.00 bits per heavy atom. The molecule has 0 atom stereocenters. The Kier molecular flexibility index (Phi) is 23.0. The molecule has 11 heavy (non-hydrogen) atoms. The van der Waals surface area contributed by atoms with Crippen LogP contribution in [0.1, 0.15) is 0 Å². The molecule has 0 radical (unpaired) electrons. The zero-order valence-electron chi connectivity index (χ0n) is 4.04. The third-order valence-electron chi connectivity index (χ3n) is 0. The normalized spacial score (nSPS) is 7.73. The van der Waals surface area contributed by atoms with Crippen LogP contribution in [0.2, 0.25) is 0 Å². The second-order valence-corrected chi connectivity index (χ2v) is 1.69. The molecule has 0 amide bonds. The first kappa shape index (κ1) is 22.7. The Morgan fingerprint density at radius 2 is 1.00 bits per heavy atom. The molecule has 0 fully saturated rings. The molecule has 0 aromatic carbocycles. The summed E-state index contributed by atoms with van der Waals surface area (Å²) in [6.07, 6.45) is 0. The van der Waals surface area contributed by atoms with E-state index in [2.05, 4.69) is 0 Å². The van der Waals surface area contributed by atoms with Gasteiger partial charge in [0, 0.05) is 0 Å². The van der Waals surface area contributed by atoms with Crippen LogP contribution < -0.4 is 0 Å². The van der Waals surface area contributed by atoms with Crippen LogP contribution >= 0.6 is 0 Å². The summed E-state index contributed by atoms with van der Waals surface area (Å²) in [7, 11) is -6.83. The van der Waals surface area contributed by atoms with E-state index in [0.29, 0.717) is 0 Å². The van der Waals surface area contributed by atoms with E-state index in [1.807, 2.05) is 0 Å². The first-order valence-electron chi connectivity index (χ1n) is 1.47. The van der Waals surface area contributed by atoms with E-state index in [0.717, 1.165) is 0 Å². The van der Waals surface area contributed by atoms with Crippen LogP contribution in [-0.4, -0.2) is 80.3 Å². The highest BCUT2D eigenvalue weighted by Crippen LogP contribution is 1.59. The van der Waals surface area contributed by atoms with Crippen LogP contribution in [0.3, 0.4) is 0 Å². The number of hydrogen-bond acceptors (Lipinski definition) is 5. The fourth-order valence-electron chi connectivity index (χ4n) is 0. The summed E-state index contributed by atoms with van der Waals surface area (Å²) in [5.74, 6) is 0. The van der Waals surface area contributed by atoms with Crippen LogP contribution in [-0.2, 0) is 10.4 Å². The summed E-state index contributed by atoms with van der Waals surface area (Å²) in [5.41, 5.74) is 0. The van der Waals surface area contributed by atoms with Gasteiger partial charge in [-0.15, -0.1) is 0 Å². The second-order valence-electron chi connectivity index (χ2n) is 0.794. The van der Waals surface area contributed by atoms with Crippen molar-refractivity contribution in [2.45, 2.75) is 0 Å². The molecule has 0 bridgehead atoms. The molecule has 5 N–H and O–H groups in total. The fraction of sp³-hybridized carbons (Fsp3) is 0. The highest BCUT2D eigenvalue weighted by atomic mass is 32.3. The highest BCUT2D eigenvalue weighted by Gasteiger charge is 1.92. The van der Waals surface area contributed by atoms with Crippen molar-refractivity contribution in [1.29, 1.82) is 0 Å². The van der Waals surface area contributed by atoms with Crippen molar-refractivity contribution in [2.75, 3.05) is 0 Å². The Bertz CT molecular complexity index is 130. The summed E-state index contributed by atoms with van der Waals surface area (Å²) < 4.78 is 31.6. The lowest BCUT2D eigenvalue weighted by Gasteiger charge is -1.69. The Hall–Kier alpha value is 1.11. The monoisotopic (exact) mass is 216 g/mol. The standard InChI is InChI=1S/Al.BH3O3.Mg.H2O4S.5H/c;2-1(3)4;;1-5(2,3)4;;;;;/h;2-4H;;(H2,1,2,3,4);;;;;. The van der Waals surface area contributed by atoms with E-state index >= 15 is 0 Å². The molecule has 0 aliphatic carbocycles. The molecule has 0 aromatic heterocycles. The highest BCUT2D eigenvalue weighted by molar-refractivity contribution is 7.79. The smallest absolute Gasteiger partial charge is 0.402 e. The van der Waals surface area contributed by atoms with Gasteiger partial charge in [-0.05, 0) is 0 Å². The fourth-order valence-corrected chi connectivity index (χ4v) is 0. The van der Waals surface area contributed by atoms with Crippen molar-refractivity contribution >= 4 is 58.1 Å². The predicted molar refractivity (Wildman–Crippen MR) is 45.1 cm³/mol. The maximum absolute atomic E-state index is 8.74. The van der Waals surface area contributed by atoms with Gasteiger partial charge in [0.05, 0.1) is 0 Å². The van der Waals surface area contributed by atoms with Gasteiger partial charge in [0.25, 0.3) is 0 Å². The van der Waals surface area contributed by atoms with E-state index in [9.17, 15) is 0 Å². The van der Waals surface area contributed by atoms with Crippen LogP contribution in [0.5, 0.6) is 0 Å². The predicted octanol–water partition coefficient (Wildman–Crippen LogP) is -4.80. The number of rotatable bonds is 0. The first-order valence-corrected chi connectivity index (χ1v) is 2.87. The lowest BCUT2D eigenvalue weighted by molar-refractivity contribution is 0.278. The van der Waals surface area contributed by atoms with Gasteiger partial charge < -0.3 is 15.1 Å². The van der Waals surface area contributed by atoms with Gasteiger partial charge in [-0.25, -0.2) is 0 Å². The van der Waals surface area contributed by atoms with E-state index in [-0.39, 0.29) is 40.4 Å². The largest absolute Gasteiger partial charge is 0.631 e. The van der Waals surface area contributed by atoms with Crippen molar-refractivity contribution in [3.8, 4) is 0 Å². The van der Waals surface area contributed by atoms with Crippen LogP contribution in [0.25, 0.3) is 0 Å². The van der Waals surface area contributed by atoms with Gasteiger partial charge in [0.1, 0.15) is 0 Å². The molecular weight excluding hydrogens is 206 g/mol. The van der Waals surface area contributed by atoms with Crippen molar-refractivity contribution in [1.82, 2.24) is 0 Å². The molecule has 0 rings (SSSR count). The van der Waals surface area contributed by atoms with Crippen molar-refractivity contribution < 1.29 is 32.6 Å². The third-order valence-corrected chi connectivity index (χ3v) is 0. The molecule has 11 heteroatoms. The van der Waals surface area contributed by atoms with Gasteiger partial charge in [0.15, 0.2) is 17.4 Å². The minimum Gasteiger partial charge on any atom is -0.402 e. The summed E-state index contributed by atoms with van der Waals surface area (Å²) in [5, 5.41) is 21.5. The van der Waals surface area contributed by atoms with E-state index < -0.39 is 17.7 Å². The topological polar surface area (TPSA) is 135 Å². The molecule has 66 valence electrons. The summed E-state index contributed by atoms with van der Waals surface area (Å²) >= 11 is 0. The van der Waals surface area contributed by atoms with E-state index in [4.69, 9.17) is 32.6 Å². The Labute approximate surface area is 90.5 Å². The Morgan fingerprint density at radius 3 is 1.00 bits per heavy atom. The summed E-state index contributed by atoms with van der Waals surface area (Å²) in [6.45, 7) is 0. The average Bonchev–Trinajstić information content (AvgIpc) is 1.19. The van der Waals surface area contributed by atoms with Gasteiger partial charge in [-0.1, -0.05) is 0 Å². The molecule has 0 unspecified atom stereocenters. The minimum absolute atomic E-state index is 0. The molecule has 0 heterocycles. The maximum atomic E-state index is 8.74. The van der Waals surface area contributed by atoms with E-state index in [1.165, 1.54) is 0 Å². The first-order chi connectivity index (χ1) is 3.73. The van der Waals surface area contributed by atoms with Gasteiger partial charge in [-0.3, -0.25) is 9.11 Å². The molecule has 0 aliphatic heterocycles. The zero-order chi connectivity index (χ0) is 8.08. The van der Waals surface area contributed by atoms with Gasteiger partial charge in [0.2, 0.25) is 0 Å². The molecule has 0 aliphatic rings. The van der Waals surface area contributed by atoms with Crippen LogP contribution in [0, 0.1) is 0 Å². The maximum Gasteiger partial charge on any atom is 0.631 e. The molecule has 0 saturated carbocycles. The Balaban J connectivity index is -0.0000000383. The van der Waals surface area contributed by atoms with Gasteiger partial charge >= 0.3 is 40.8 Å². The quantitative estimate of drug-likeness (QED) is 0.202. The van der Waals surface area contributed by atoms with Crippen molar-refractivity contribution in [3.05, 3.63) is 0 Å². The molecular formula is H10AlBMgO7S. The van der Waals surface area contributed by atoms with E-state index in [1.54, 1.807) is 0 Å². The van der Waals surface area contributed by atoms with Crippen molar-refractivity contribution in [3.63, 3.8) is 0 Å². The number of hydrogen-bond donors (Lipinski definition) is 5. The summed E-state index contributed by atoms with van der Waals surface area (Å²) in [4.78, 5) is 0. The summed E-state index contributed by atoms with van der Waals surface area (Å²) in [6, 6.07) is 0. The second kappa shape index (κ2) is 11.1. The molecule has 0 spiro atoms. The van der Waals surface area contributed by atoms with Gasteiger partial charge in [-0.2, -0.15) is 8.42 Å². The molecule has 7 nitrogen and oxygen atoms in total. The minimum atomic E-state index is -4.67. The van der Waals surface area contributed by atoms with Crippen LogP contribution in [0.4, 0.5) is 0 Å². The third kappa shape index (κ3) is 744. The van der Waals surface area contributed by atoms with Crippen molar-refractivity contribution in [2.24, 2.45) is 0 Å². The van der Waals surface area contributed by atoms with Crippen LogP contribution in [0.15, 0.2) is 0 Å². The average molecular weight is 216 g/mol. The molecule has 0 saturated heterocycles. The zero-order valence-corrected chi connectivity index (χ0v) is 4.85.